The van der Waals surface area contributed by atoms with E-state index < -0.39 is 11.8 Å². The molecule has 0 radical (unpaired) electrons. The Bertz CT molecular complexity index is 552. The molecular formula is C19H26N2O2. The number of amides is 2. The number of carbonyl (C=O) groups is 2. The van der Waals surface area contributed by atoms with Gasteiger partial charge in [0, 0.05) is 19.6 Å². The van der Waals surface area contributed by atoms with Crippen molar-refractivity contribution in [3.63, 3.8) is 0 Å². The molecule has 0 atom stereocenters. The Balaban J connectivity index is 1.80. The summed E-state index contributed by atoms with van der Waals surface area (Å²) < 4.78 is 0. The molecule has 2 rings (SSSR count). The fraction of sp³-hybridized carbons (Fsp3) is 0.474. The third-order valence-electron chi connectivity index (χ3n) is 4.20. The highest BCUT2D eigenvalue weighted by atomic mass is 16.2. The van der Waals surface area contributed by atoms with Crippen LogP contribution in [-0.4, -0.2) is 29.8 Å². The van der Waals surface area contributed by atoms with Crippen LogP contribution in [-0.2, 0) is 16.1 Å². The van der Waals surface area contributed by atoms with Crippen molar-refractivity contribution >= 4 is 11.8 Å². The molecule has 0 saturated heterocycles. The molecule has 0 spiro atoms. The second kappa shape index (κ2) is 9.13. The first-order valence-corrected chi connectivity index (χ1v) is 8.49. The van der Waals surface area contributed by atoms with Gasteiger partial charge in [0.2, 0.25) is 0 Å². The van der Waals surface area contributed by atoms with Gasteiger partial charge in [0.15, 0.2) is 0 Å². The number of nitrogens with one attached hydrogen (secondary N) is 1. The van der Waals surface area contributed by atoms with E-state index in [4.69, 9.17) is 0 Å². The summed E-state index contributed by atoms with van der Waals surface area (Å²) in [6.07, 6.45) is 7.88. The Morgan fingerprint density at radius 2 is 1.96 bits per heavy atom. The maximum atomic E-state index is 12.3. The highest BCUT2D eigenvalue weighted by Gasteiger charge is 2.20. The van der Waals surface area contributed by atoms with Gasteiger partial charge < -0.3 is 10.2 Å². The quantitative estimate of drug-likeness (QED) is 0.648. The summed E-state index contributed by atoms with van der Waals surface area (Å²) in [5.74, 6) is -0.951. The van der Waals surface area contributed by atoms with E-state index in [1.54, 1.807) is 4.90 Å². The van der Waals surface area contributed by atoms with Gasteiger partial charge in [0.25, 0.3) is 0 Å². The van der Waals surface area contributed by atoms with Crippen molar-refractivity contribution in [1.29, 1.82) is 0 Å². The number of benzene rings is 1. The lowest BCUT2D eigenvalue weighted by Crippen LogP contribution is -2.42. The summed E-state index contributed by atoms with van der Waals surface area (Å²) >= 11 is 0. The van der Waals surface area contributed by atoms with Gasteiger partial charge in [-0.05, 0) is 44.6 Å². The third kappa shape index (κ3) is 5.55. The van der Waals surface area contributed by atoms with E-state index in [2.05, 4.69) is 11.4 Å². The molecule has 0 heterocycles. The number of likely N-dealkylation sites (N-methyl/N-ethyl adjacent to an activating group) is 1. The highest BCUT2D eigenvalue weighted by Crippen LogP contribution is 2.19. The van der Waals surface area contributed by atoms with E-state index in [1.165, 1.54) is 18.4 Å². The average Bonchev–Trinajstić information content (AvgIpc) is 2.60. The first-order valence-electron chi connectivity index (χ1n) is 8.49. The van der Waals surface area contributed by atoms with E-state index in [0.717, 1.165) is 24.8 Å². The number of allylic oxidation sites excluding steroid dienone is 1. The van der Waals surface area contributed by atoms with Gasteiger partial charge in [-0.25, -0.2) is 0 Å². The summed E-state index contributed by atoms with van der Waals surface area (Å²) in [7, 11) is 0. The molecule has 2 amide bonds. The maximum Gasteiger partial charge on any atom is 0.312 e. The fourth-order valence-electron chi connectivity index (χ4n) is 2.82. The average molecular weight is 314 g/mol. The van der Waals surface area contributed by atoms with Crippen LogP contribution in [0.3, 0.4) is 0 Å². The minimum absolute atomic E-state index is 0.450. The van der Waals surface area contributed by atoms with Crippen molar-refractivity contribution in [2.24, 2.45) is 0 Å². The fourth-order valence-corrected chi connectivity index (χ4v) is 2.82. The summed E-state index contributed by atoms with van der Waals surface area (Å²) in [6.45, 7) is 3.42. The molecule has 0 fully saturated rings. The normalized spacial score (nSPS) is 14.0. The molecular weight excluding hydrogens is 288 g/mol. The van der Waals surface area contributed by atoms with Gasteiger partial charge in [-0.15, -0.1) is 0 Å². The minimum Gasteiger partial charge on any atom is -0.348 e. The summed E-state index contributed by atoms with van der Waals surface area (Å²) in [5.41, 5.74) is 2.43. The molecule has 124 valence electrons. The van der Waals surface area contributed by atoms with Crippen molar-refractivity contribution in [2.75, 3.05) is 13.1 Å². The Morgan fingerprint density at radius 3 is 2.61 bits per heavy atom. The van der Waals surface area contributed by atoms with E-state index in [0.29, 0.717) is 19.6 Å². The van der Waals surface area contributed by atoms with Gasteiger partial charge in [0.1, 0.15) is 0 Å². The number of rotatable bonds is 6. The zero-order chi connectivity index (χ0) is 16.5. The second-order valence-corrected chi connectivity index (χ2v) is 5.92. The summed E-state index contributed by atoms with van der Waals surface area (Å²) in [4.78, 5) is 25.9. The van der Waals surface area contributed by atoms with Gasteiger partial charge in [0.05, 0.1) is 0 Å². The molecule has 0 saturated carbocycles. The summed E-state index contributed by atoms with van der Waals surface area (Å²) in [5, 5.41) is 2.76. The Kier molecular flexibility index (Phi) is 6.85. The van der Waals surface area contributed by atoms with Crippen LogP contribution < -0.4 is 5.32 Å². The lowest BCUT2D eigenvalue weighted by Gasteiger charge is -2.20. The maximum absolute atomic E-state index is 12.3. The number of carbonyl (C=O) groups excluding carboxylic acids is 2. The number of nitrogens with zero attached hydrogens (tertiary/aromatic N) is 1. The zero-order valence-corrected chi connectivity index (χ0v) is 13.9. The lowest BCUT2D eigenvalue weighted by molar-refractivity contribution is -0.146. The van der Waals surface area contributed by atoms with Crippen LogP contribution in [0.25, 0.3) is 0 Å². The number of hydrogen-bond donors (Lipinski definition) is 1. The van der Waals surface area contributed by atoms with Crippen LogP contribution >= 0.6 is 0 Å². The van der Waals surface area contributed by atoms with E-state index in [-0.39, 0.29) is 0 Å². The Labute approximate surface area is 138 Å². The summed E-state index contributed by atoms with van der Waals surface area (Å²) in [6, 6.07) is 9.73. The molecule has 0 aromatic heterocycles. The predicted octanol–water partition coefficient (Wildman–Crippen LogP) is 3.04. The second-order valence-electron chi connectivity index (χ2n) is 5.92. The lowest BCUT2D eigenvalue weighted by atomic mass is 9.97. The van der Waals surface area contributed by atoms with Crippen molar-refractivity contribution in [2.45, 2.75) is 45.6 Å². The van der Waals surface area contributed by atoms with Crippen molar-refractivity contribution in [1.82, 2.24) is 10.2 Å². The first kappa shape index (κ1) is 17.3. The topological polar surface area (TPSA) is 49.4 Å². The van der Waals surface area contributed by atoms with Gasteiger partial charge in [-0.3, -0.25) is 9.59 Å². The molecule has 23 heavy (non-hydrogen) atoms. The molecule has 1 aliphatic carbocycles. The van der Waals surface area contributed by atoms with E-state index in [9.17, 15) is 9.59 Å². The molecule has 1 aromatic carbocycles. The molecule has 0 aliphatic heterocycles. The molecule has 4 nitrogen and oxygen atoms in total. The SMILES string of the molecule is CCN(Cc1ccccc1)C(=O)C(=O)NCCC1=CCCCC1. The molecule has 1 N–H and O–H groups in total. The molecule has 0 unspecified atom stereocenters. The monoisotopic (exact) mass is 314 g/mol. The molecule has 4 heteroatoms. The molecule has 1 aliphatic rings. The first-order chi connectivity index (χ1) is 11.2. The van der Waals surface area contributed by atoms with E-state index >= 15 is 0 Å². The third-order valence-corrected chi connectivity index (χ3v) is 4.20. The number of hydrogen-bond acceptors (Lipinski definition) is 2. The van der Waals surface area contributed by atoms with E-state index in [1.807, 2.05) is 37.3 Å². The standard InChI is InChI=1S/C19H26N2O2/c1-2-21(15-17-11-7-4-8-12-17)19(23)18(22)20-14-13-16-9-5-3-6-10-16/h4,7-9,11-12H,2-3,5-6,10,13-15H2,1H3,(H,20,22). The zero-order valence-electron chi connectivity index (χ0n) is 13.9. The molecule has 1 aromatic rings. The van der Waals surface area contributed by atoms with Crippen LogP contribution in [0.5, 0.6) is 0 Å². The van der Waals surface area contributed by atoms with Crippen molar-refractivity contribution < 1.29 is 9.59 Å². The van der Waals surface area contributed by atoms with Crippen LogP contribution in [0, 0.1) is 0 Å². The van der Waals surface area contributed by atoms with Gasteiger partial charge >= 0.3 is 11.8 Å². The van der Waals surface area contributed by atoms with Crippen LogP contribution in [0.4, 0.5) is 0 Å². The Morgan fingerprint density at radius 1 is 1.17 bits per heavy atom. The van der Waals surface area contributed by atoms with Crippen LogP contribution in [0.2, 0.25) is 0 Å². The largest absolute Gasteiger partial charge is 0.348 e. The highest BCUT2D eigenvalue weighted by molar-refractivity contribution is 6.34. The van der Waals surface area contributed by atoms with Crippen molar-refractivity contribution in [3.8, 4) is 0 Å². The smallest absolute Gasteiger partial charge is 0.312 e. The van der Waals surface area contributed by atoms with Crippen LogP contribution in [0.1, 0.15) is 44.6 Å². The van der Waals surface area contributed by atoms with Crippen LogP contribution in [0.15, 0.2) is 42.0 Å². The predicted molar refractivity (Wildman–Crippen MR) is 91.7 cm³/mol. The van der Waals surface area contributed by atoms with Gasteiger partial charge in [-0.2, -0.15) is 0 Å². The minimum atomic E-state index is -0.501. The molecule has 0 bridgehead atoms. The van der Waals surface area contributed by atoms with Crippen molar-refractivity contribution in [3.05, 3.63) is 47.5 Å². The van der Waals surface area contributed by atoms with Gasteiger partial charge in [-0.1, -0.05) is 42.0 Å². The Hall–Kier alpha value is -2.10.